The Kier molecular flexibility index (Phi) is 13.5. The number of carbonyl (C=O) groups excluding carboxylic acids is 2. The summed E-state index contributed by atoms with van der Waals surface area (Å²) in [4.78, 5) is 19.2. The molecule has 0 bridgehead atoms. The van der Waals surface area contributed by atoms with Crippen molar-refractivity contribution in [1.82, 2.24) is 0 Å². The van der Waals surface area contributed by atoms with E-state index in [-0.39, 0.29) is 5.78 Å². The van der Waals surface area contributed by atoms with Crippen LogP contribution >= 0.6 is 0 Å². The van der Waals surface area contributed by atoms with Crippen LogP contribution < -0.4 is 0 Å². The zero-order valence-corrected chi connectivity index (χ0v) is 7.02. The first-order valence-corrected chi connectivity index (χ1v) is 3.62. The molecule has 0 amide bonds. The highest BCUT2D eigenvalue weighted by molar-refractivity contribution is 5.74. The average Bonchev–Trinajstić information content (AvgIpc) is 1.91. The maximum Gasteiger partial charge on any atom is 0.129 e. The smallest absolute Gasteiger partial charge is 0.129 e. The Labute approximate surface area is 62.6 Å². The van der Waals surface area contributed by atoms with Crippen molar-refractivity contribution in [1.29, 1.82) is 0 Å². The highest BCUT2D eigenvalue weighted by Gasteiger charge is 1.76. The summed E-state index contributed by atoms with van der Waals surface area (Å²) < 4.78 is 0. The lowest BCUT2D eigenvalue weighted by Gasteiger charge is -1.71. The largest absolute Gasteiger partial charge is 0.303 e. The Hall–Kier alpha value is -0.660. The molecular formula is C8H16O2. The van der Waals surface area contributed by atoms with Gasteiger partial charge in [-0.15, -0.1) is 0 Å². The molecule has 0 N–H and O–H groups in total. The molecule has 0 aliphatic heterocycles. The maximum atomic E-state index is 9.81. The van der Waals surface area contributed by atoms with E-state index in [0.29, 0.717) is 12.8 Å². The Balaban J connectivity index is 0. The van der Waals surface area contributed by atoms with Crippen LogP contribution in [0.5, 0.6) is 0 Å². The molecule has 60 valence electrons. The van der Waals surface area contributed by atoms with Gasteiger partial charge in [0.15, 0.2) is 0 Å². The van der Waals surface area contributed by atoms with Gasteiger partial charge in [0.25, 0.3) is 0 Å². The lowest BCUT2D eigenvalue weighted by Crippen LogP contribution is -1.80. The van der Waals surface area contributed by atoms with Gasteiger partial charge in [0.2, 0.25) is 0 Å². The number of hydrogen-bond acceptors (Lipinski definition) is 2. The number of Topliss-reactive ketones (excluding diaryl/α,β-unsaturated/α-hetero) is 1. The molecule has 0 fully saturated rings. The summed E-state index contributed by atoms with van der Waals surface area (Å²) in [5.74, 6) is 0.255. The number of hydrogen-bond donors (Lipinski definition) is 0. The highest BCUT2D eigenvalue weighted by atomic mass is 16.1. The van der Waals surface area contributed by atoms with Crippen LogP contribution in [0.15, 0.2) is 0 Å². The molecule has 0 aromatic rings. The molecule has 0 heterocycles. The van der Waals surface area contributed by atoms with Gasteiger partial charge in [0, 0.05) is 12.8 Å². The molecule has 0 unspecified atom stereocenters. The summed E-state index contributed by atoms with van der Waals surface area (Å²) in [5, 5.41) is 0. The quantitative estimate of drug-likeness (QED) is 0.567. The van der Waals surface area contributed by atoms with E-state index in [1.165, 1.54) is 0 Å². The van der Waals surface area contributed by atoms with E-state index in [0.717, 1.165) is 12.7 Å². The number of carbonyl (C=O) groups is 2. The third-order valence-electron chi connectivity index (χ3n) is 0.904. The molecule has 0 saturated heterocycles. The summed E-state index contributed by atoms with van der Waals surface area (Å²) >= 11 is 0. The van der Waals surface area contributed by atoms with Crippen molar-refractivity contribution in [2.45, 2.75) is 40.0 Å². The first kappa shape index (κ1) is 12.1. The van der Waals surface area contributed by atoms with Crippen LogP contribution in [0.2, 0.25) is 0 Å². The van der Waals surface area contributed by atoms with Gasteiger partial charge in [0.1, 0.15) is 12.1 Å². The van der Waals surface area contributed by atoms with E-state index >= 15 is 0 Å². The summed E-state index contributed by atoms with van der Waals surface area (Å²) in [7, 11) is 0. The van der Waals surface area contributed by atoms with Crippen LogP contribution in [-0.2, 0) is 9.59 Å². The van der Waals surface area contributed by atoms with Crippen LogP contribution in [0.1, 0.15) is 40.0 Å². The maximum absolute atomic E-state index is 9.81. The molecule has 2 nitrogen and oxygen atoms in total. The van der Waals surface area contributed by atoms with Gasteiger partial charge in [-0.25, -0.2) is 0 Å². The van der Waals surface area contributed by atoms with Crippen molar-refractivity contribution in [2.75, 3.05) is 0 Å². The highest BCUT2D eigenvalue weighted by Crippen LogP contribution is 1.74. The predicted octanol–water partition coefficient (Wildman–Crippen LogP) is 1.97. The van der Waals surface area contributed by atoms with Gasteiger partial charge in [-0.1, -0.05) is 13.8 Å². The minimum absolute atomic E-state index is 0.255. The van der Waals surface area contributed by atoms with Gasteiger partial charge in [0.05, 0.1) is 0 Å². The van der Waals surface area contributed by atoms with Gasteiger partial charge >= 0.3 is 0 Å². The number of ketones is 1. The van der Waals surface area contributed by atoms with Crippen LogP contribution in [0, 0.1) is 0 Å². The molecular weight excluding hydrogens is 128 g/mol. The Morgan fingerprint density at radius 1 is 1.40 bits per heavy atom. The molecule has 0 aliphatic rings. The third kappa shape index (κ3) is 26.4. The lowest BCUT2D eigenvalue weighted by atomic mass is 10.4. The Morgan fingerprint density at radius 3 is 1.80 bits per heavy atom. The third-order valence-corrected chi connectivity index (χ3v) is 0.904. The zero-order valence-electron chi connectivity index (χ0n) is 7.02. The fraction of sp³-hybridized carbons (Fsp3) is 0.750. The normalized spacial score (nSPS) is 7.50. The van der Waals surface area contributed by atoms with Gasteiger partial charge in [-0.2, -0.15) is 0 Å². The Bertz CT molecular complexity index is 87.3. The van der Waals surface area contributed by atoms with Gasteiger partial charge in [-0.3, -0.25) is 0 Å². The second kappa shape index (κ2) is 11.2. The van der Waals surface area contributed by atoms with E-state index in [9.17, 15) is 9.59 Å². The fourth-order valence-electron chi connectivity index (χ4n) is 0.118. The van der Waals surface area contributed by atoms with E-state index in [1.54, 1.807) is 6.92 Å². The average molecular weight is 144 g/mol. The topological polar surface area (TPSA) is 34.1 Å². The zero-order chi connectivity index (χ0) is 8.41. The molecule has 10 heavy (non-hydrogen) atoms. The summed E-state index contributed by atoms with van der Waals surface area (Å²) in [6.07, 6.45) is 3.28. The number of unbranched alkanes of at least 4 members (excludes halogenated alkanes) is 1. The second-order valence-corrected chi connectivity index (χ2v) is 2.01. The summed E-state index contributed by atoms with van der Waals surface area (Å²) in [6, 6.07) is 0. The van der Waals surface area contributed by atoms with Crippen LogP contribution in [0.25, 0.3) is 0 Å². The second-order valence-electron chi connectivity index (χ2n) is 2.01. The SMILES string of the molecule is CCC(C)=O.CCCC=O. The molecule has 0 atom stereocenters. The molecule has 0 aromatic heterocycles. The van der Waals surface area contributed by atoms with Crippen LogP contribution in [0.3, 0.4) is 0 Å². The molecule has 0 radical (unpaired) electrons. The van der Waals surface area contributed by atoms with Crippen molar-refractivity contribution in [3.05, 3.63) is 0 Å². The van der Waals surface area contributed by atoms with Crippen LogP contribution in [-0.4, -0.2) is 12.1 Å². The van der Waals surface area contributed by atoms with Gasteiger partial charge in [-0.05, 0) is 13.3 Å². The predicted molar refractivity (Wildman–Crippen MR) is 41.9 cm³/mol. The molecule has 0 aliphatic carbocycles. The lowest BCUT2D eigenvalue weighted by molar-refractivity contribution is -0.116. The molecule has 0 saturated carbocycles. The van der Waals surface area contributed by atoms with Crippen molar-refractivity contribution < 1.29 is 9.59 Å². The standard InChI is InChI=1S/2C4H8O/c1-3-4(2)5;1-2-3-4-5/h3H2,1-2H3;4H,2-3H2,1H3. The minimum atomic E-state index is 0.255. The monoisotopic (exact) mass is 144 g/mol. The van der Waals surface area contributed by atoms with E-state index < -0.39 is 0 Å². The van der Waals surface area contributed by atoms with E-state index in [2.05, 4.69) is 0 Å². The minimum Gasteiger partial charge on any atom is -0.303 e. The van der Waals surface area contributed by atoms with E-state index in [1.807, 2.05) is 13.8 Å². The number of aldehydes is 1. The first-order chi connectivity index (χ1) is 4.68. The van der Waals surface area contributed by atoms with Crippen molar-refractivity contribution >= 4 is 12.1 Å². The van der Waals surface area contributed by atoms with Crippen molar-refractivity contribution in [3.63, 3.8) is 0 Å². The molecule has 0 spiro atoms. The fourth-order valence-corrected chi connectivity index (χ4v) is 0.118. The van der Waals surface area contributed by atoms with Crippen LogP contribution in [0.4, 0.5) is 0 Å². The summed E-state index contributed by atoms with van der Waals surface area (Å²) in [5.41, 5.74) is 0. The number of rotatable bonds is 3. The molecule has 2 heteroatoms. The Morgan fingerprint density at radius 2 is 1.80 bits per heavy atom. The van der Waals surface area contributed by atoms with E-state index in [4.69, 9.17) is 0 Å². The van der Waals surface area contributed by atoms with Crippen molar-refractivity contribution in [2.24, 2.45) is 0 Å². The molecule has 0 aromatic carbocycles. The molecule has 0 rings (SSSR count). The van der Waals surface area contributed by atoms with Gasteiger partial charge < -0.3 is 9.59 Å². The summed E-state index contributed by atoms with van der Waals surface area (Å²) in [6.45, 7) is 5.41. The van der Waals surface area contributed by atoms with Crippen molar-refractivity contribution in [3.8, 4) is 0 Å². The first-order valence-electron chi connectivity index (χ1n) is 3.62.